The number of carbonyl (C=O) groups excluding carboxylic acids is 6. The molecular formula is C63H94N2O18. The number of morpholine rings is 2. The molecule has 20 heteroatoms. The molecule has 0 aromatic rings. The van der Waals surface area contributed by atoms with E-state index >= 15 is 0 Å². The van der Waals surface area contributed by atoms with E-state index in [9.17, 15) is 54.0 Å². The van der Waals surface area contributed by atoms with Crippen LogP contribution in [0.25, 0.3) is 0 Å². The SMILES string of the molecule is CC1C(=O)OC(=O)C1CC1C(CC2C(CC3C(CC4C(C)C5CC(C(=O)OC(C)(C)C)C4C5)C4CC(C(=O)OCCO)C3C4)C3CC(C(=O)O)C2C3)C2CC1C(C(=O)OCC(O)CN1CCOCC1)C2C(=O)OCC(O)CN1CCOCC1. The van der Waals surface area contributed by atoms with Crippen molar-refractivity contribution < 1.29 is 87.1 Å². The quantitative estimate of drug-likeness (QED) is 0.0637. The van der Waals surface area contributed by atoms with Gasteiger partial charge in [0.15, 0.2) is 0 Å². The number of fused-ring (bicyclic) bond motifs is 8. The Hall–Kier alpha value is -3.79. The highest BCUT2D eigenvalue weighted by molar-refractivity contribution is 5.96. The van der Waals surface area contributed by atoms with E-state index < -0.39 is 89.1 Å². The van der Waals surface area contributed by atoms with Gasteiger partial charge in [0.25, 0.3) is 0 Å². The van der Waals surface area contributed by atoms with Gasteiger partial charge < -0.3 is 53.6 Å². The van der Waals surface area contributed by atoms with E-state index in [1.807, 2.05) is 30.6 Å². The molecule has 0 aromatic carbocycles. The van der Waals surface area contributed by atoms with Crippen LogP contribution in [0.3, 0.4) is 0 Å². The molecule has 3 aliphatic heterocycles. The van der Waals surface area contributed by atoms with Gasteiger partial charge in [0.2, 0.25) is 0 Å². The Kier molecular flexibility index (Phi) is 18.4. The molecule has 20 nitrogen and oxygen atoms in total. The lowest BCUT2D eigenvalue weighted by atomic mass is 9.58. The number of esters is 6. The van der Waals surface area contributed by atoms with E-state index in [1.54, 1.807) is 6.92 Å². The Balaban J connectivity index is 0.897. The molecular weight excluding hydrogens is 1070 g/mol. The molecule has 8 bridgehead atoms. The normalized spacial score (nSPS) is 42.5. The molecule has 0 radical (unpaired) electrons. The van der Waals surface area contributed by atoms with Crippen LogP contribution in [0.4, 0.5) is 0 Å². The molecule has 3 heterocycles. The third-order valence-electron chi connectivity index (χ3n) is 23.7. The molecule has 11 fully saturated rings. The summed E-state index contributed by atoms with van der Waals surface area (Å²) in [5.74, 6) is -8.16. The van der Waals surface area contributed by atoms with Crippen molar-refractivity contribution in [1.29, 1.82) is 0 Å². The predicted molar refractivity (Wildman–Crippen MR) is 293 cm³/mol. The zero-order chi connectivity index (χ0) is 58.8. The predicted octanol–water partition coefficient (Wildman–Crippen LogP) is 4.12. The minimum atomic E-state index is -1.02. The minimum absolute atomic E-state index is 0.0290. The Morgan fingerprint density at radius 2 is 1.01 bits per heavy atom. The number of carboxylic acid groups (broad SMARTS) is 1. The molecule has 83 heavy (non-hydrogen) atoms. The van der Waals surface area contributed by atoms with Gasteiger partial charge in [0, 0.05) is 39.3 Å². The van der Waals surface area contributed by atoms with Crippen molar-refractivity contribution in [1.82, 2.24) is 9.80 Å². The number of carbonyl (C=O) groups is 7. The number of β-amino-alcohol motifs (C(OH)–C–C–N with tert-alkyl or cyclic N) is 2. The van der Waals surface area contributed by atoms with Crippen LogP contribution >= 0.6 is 0 Å². The first-order valence-corrected chi connectivity index (χ1v) is 32.0. The highest BCUT2D eigenvalue weighted by Crippen LogP contribution is 2.69. The van der Waals surface area contributed by atoms with E-state index in [-0.39, 0.29) is 135 Å². The minimum Gasteiger partial charge on any atom is -0.481 e. The van der Waals surface area contributed by atoms with Gasteiger partial charge >= 0.3 is 41.8 Å². The number of cyclic esters (lactones) is 2. The average molecular weight is 1170 g/mol. The lowest BCUT2D eigenvalue weighted by Crippen LogP contribution is -2.47. The van der Waals surface area contributed by atoms with Crippen LogP contribution in [-0.2, 0) is 66.7 Å². The zero-order valence-corrected chi connectivity index (χ0v) is 49.5. The summed E-state index contributed by atoms with van der Waals surface area (Å²) >= 11 is 0. The first-order chi connectivity index (χ1) is 39.7. The molecule has 11 aliphatic rings. The molecule has 0 amide bonds. The van der Waals surface area contributed by atoms with Crippen LogP contribution in [0, 0.1) is 136 Å². The number of aliphatic hydroxyl groups excluding tert-OH is 3. The molecule has 8 saturated carbocycles. The summed E-state index contributed by atoms with van der Waals surface area (Å²) in [4.78, 5) is 102. The average Bonchev–Trinajstić information content (AvgIpc) is 2.04. The molecule has 4 N–H and O–H groups in total. The van der Waals surface area contributed by atoms with Gasteiger partial charge in [-0.05, 0) is 186 Å². The number of nitrogens with zero attached hydrogens (tertiary/aromatic N) is 2. The molecule has 3 saturated heterocycles. The second-order valence-corrected chi connectivity index (χ2v) is 28.9. The molecule has 8 aliphatic carbocycles. The number of ether oxygens (including phenoxy) is 7. The number of rotatable bonds is 23. The van der Waals surface area contributed by atoms with Gasteiger partial charge in [0.05, 0.1) is 74.5 Å². The number of hydrogen-bond acceptors (Lipinski definition) is 19. The monoisotopic (exact) mass is 1170 g/mol. The van der Waals surface area contributed by atoms with Gasteiger partial charge in [-0.2, -0.15) is 0 Å². The maximum atomic E-state index is 15.0. The summed E-state index contributed by atoms with van der Waals surface area (Å²) in [6, 6.07) is 0. The van der Waals surface area contributed by atoms with Crippen molar-refractivity contribution >= 4 is 41.8 Å². The fraction of sp³-hybridized carbons (Fsp3) is 0.889. The Labute approximate surface area is 488 Å². The van der Waals surface area contributed by atoms with Crippen molar-refractivity contribution in [2.75, 3.05) is 92.1 Å². The number of carboxylic acids is 1. The maximum absolute atomic E-state index is 15.0. The van der Waals surface area contributed by atoms with Crippen LogP contribution in [0.15, 0.2) is 0 Å². The summed E-state index contributed by atoms with van der Waals surface area (Å²) in [6.45, 7) is 13.9. The first kappa shape index (κ1) is 60.9. The topological polar surface area (TPSA) is 272 Å². The number of aliphatic hydroxyl groups is 3. The van der Waals surface area contributed by atoms with E-state index in [2.05, 4.69) is 6.92 Å². The van der Waals surface area contributed by atoms with Gasteiger partial charge in [-0.1, -0.05) is 13.8 Å². The second kappa shape index (κ2) is 25.1. The lowest BCUT2D eigenvalue weighted by molar-refractivity contribution is -0.170. The molecule has 25 unspecified atom stereocenters. The van der Waals surface area contributed by atoms with Gasteiger partial charge in [-0.3, -0.25) is 43.4 Å². The summed E-state index contributed by atoms with van der Waals surface area (Å²) in [5.41, 5.74) is -0.595. The van der Waals surface area contributed by atoms with Crippen LogP contribution < -0.4 is 0 Å². The Bertz CT molecular complexity index is 2390. The van der Waals surface area contributed by atoms with Crippen molar-refractivity contribution in [3.63, 3.8) is 0 Å². The third-order valence-corrected chi connectivity index (χ3v) is 23.7. The van der Waals surface area contributed by atoms with Crippen molar-refractivity contribution in [3.8, 4) is 0 Å². The van der Waals surface area contributed by atoms with Gasteiger partial charge in [0.1, 0.15) is 37.6 Å². The standard InChI is InChI=1S/C63H94N2O18/c1-31-33-16-42(53(17-33)60(74)83-63(3,4)5)38(31)22-40-35-19-44(52(21-35)58(72)79-15-10-66)45(40)24-41-34-18-43(51(20-34)56(69)70)46(41)25-48-47(23-39-32(2)57(71)82-59(39)73)49-26-50(48)55(62(76)81-30-37(68)28-65-8-13-78-14-9-65)54(49)61(75)80-29-36(67)27-64-6-11-77-12-7-64/h31-55,66-68H,6-30H2,1-5H3,(H,69,70). The largest absolute Gasteiger partial charge is 0.481 e. The van der Waals surface area contributed by atoms with E-state index in [1.165, 1.54) is 0 Å². The molecule has 11 rings (SSSR count). The van der Waals surface area contributed by atoms with Crippen LogP contribution in [0.1, 0.15) is 105 Å². The highest BCUT2D eigenvalue weighted by Gasteiger charge is 2.67. The molecule has 0 spiro atoms. The smallest absolute Gasteiger partial charge is 0.317 e. The van der Waals surface area contributed by atoms with E-state index in [0.717, 1.165) is 38.5 Å². The van der Waals surface area contributed by atoms with Gasteiger partial charge in [-0.25, -0.2) is 0 Å². The zero-order valence-electron chi connectivity index (χ0n) is 49.5. The third kappa shape index (κ3) is 12.4. The fourth-order valence-corrected chi connectivity index (χ4v) is 20.2. The van der Waals surface area contributed by atoms with E-state index in [0.29, 0.717) is 96.0 Å². The number of aliphatic carboxylic acids is 1. The van der Waals surface area contributed by atoms with Crippen LogP contribution in [-0.4, -0.2) is 182 Å². The van der Waals surface area contributed by atoms with E-state index in [4.69, 9.17) is 33.2 Å². The number of hydrogen-bond donors (Lipinski definition) is 4. The second-order valence-electron chi connectivity index (χ2n) is 28.9. The van der Waals surface area contributed by atoms with Crippen molar-refractivity contribution in [2.24, 2.45) is 136 Å². The van der Waals surface area contributed by atoms with Crippen molar-refractivity contribution in [3.05, 3.63) is 0 Å². The fourth-order valence-electron chi connectivity index (χ4n) is 20.2. The lowest BCUT2D eigenvalue weighted by Gasteiger charge is -2.46. The first-order valence-electron chi connectivity index (χ1n) is 32.0. The molecule has 25 atom stereocenters. The summed E-state index contributed by atoms with van der Waals surface area (Å²) < 4.78 is 39.9. The Morgan fingerprint density at radius 3 is 1.52 bits per heavy atom. The molecule has 464 valence electrons. The van der Waals surface area contributed by atoms with Gasteiger partial charge in [-0.15, -0.1) is 0 Å². The Morgan fingerprint density at radius 1 is 0.554 bits per heavy atom. The van der Waals surface area contributed by atoms with Crippen molar-refractivity contribution in [2.45, 2.75) is 123 Å². The highest BCUT2D eigenvalue weighted by atomic mass is 16.6. The summed E-state index contributed by atoms with van der Waals surface area (Å²) in [7, 11) is 0. The molecule has 0 aromatic heterocycles. The summed E-state index contributed by atoms with van der Waals surface area (Å²) in [5, 5.41) is 43.0. The maximum Gasteiger partial charge on any atom is 0.317 e. The van der Waals surface area contributed by atoms with Crippen LogP contribution in [0.2, 0.25) is 0 Å². The van der Waals surface area contributed by atoms with Crippen LogP contribution in [0.5, 0.6) is 0 Å². The summed E-state index contributed by atoms with van der Waals surface area (Å²) in [6.07, 6.45) is 5.50.